The van der Waals surface area contributed by atoms with Gasteiger partial charge in [0, 0.05) is 48.9 Å². The summed E-state index contributed by atoms with van der Waals surface area (Å²) in [6.07, 6.45) is 0.720. The fourth-order valence-electron chi connectivity index (χ4n) is 3.63. The van der Waals surface area contributed by atoms with Crippen LogP contribution in [0.2, 0.25) is 5.02 Å². The first-order chi connectivity index (χ1) is 17.4. The molecule has 0 aliphatic heterocycles. The van der Waals surface area contributed by atoms with Crippen molar-refractivity contribution in [3.05, 3.63) is 95.2 Å². The number of benzene rings is 3. The molecule has 4 aromatic rings. The monoisotopic (exact) mass is 524 g/mol. The van der Waals surface area contributed by atoms with Gasteiger partial charge < -0.3 is 18.8 Å². The number of hydrogen-bond acceptors (Lipinski definition) is 6. The molecule has 0 spiro atoms. The van der Waals surface area contributed by atoms with E-state index < -0.39 is 7.60 Å². The third-order valence-corrected chi connectivity index (χ3v) is 7.70. The topological polar surface area (TPSA) is 90.7 Å². The summed E-state index contributed by atoms with van der Waals surface area (Å²) in [6, 6.07) is 24.0. The lowest BCUT2D eigenvalue weighted by Gasteiger charge is -2.13. The Kier molecular flexibility index (Phi) is 8.39. The number of nitrogens with one attached hydrogen (secondary N) is 1. The molecule has 1 heterocycles. The second-order valence-corrected chi connectivity index (χ2v) is 10.7. The lowest BCUT2D eigenvalue weighted by Crippen LogP contribution is -2.12. The molecule has 186 valence electrons. The smallest absolute Gasteiger partial charge is 0.334 e. The van der Waals surface area contributed by atoms with E-state index in [1.54, 1.807) is 36.4 Å². The summed E-state index contributed by atoms with van der Waals surface area (Å²) < 4.78 is 28.4. The summed E-state index contributed by atoms with van der Waals surface area (Å²) in [6.45, 7) is 0. The molecule has 0 aliphatic carbocycles. The lowest BCUT2D eigenvalue weighted by molar-refractivity contribution is -0.116. The molecule has 9 heteroatoms. The number of carbonyl (C=O) groups excluding carboxylic acids is 1. The Morgan fingerprint density at radius 1 is 0.944 bits per heavy atom. The normalized spacial score (nSPS) is 11.4. The molecule has 0 fully saturated rings. The highest BCUT2D eigenvalue weighted by Gasteiger charge is 2.21. The Hall–Kier alpha value is -3.22. The van der Waals surface area contributed by atoms with Crippen LogP contribution < -0.4 is 5.32 Å². The van der Waals surface area contributed by atoms with Crippen LogP contribution in [-0.4, -0.2) is 25.1 Å². The summed E-state index contributed by atoms with van der Waals surface area (Å²) in [4.78, 5) is 17.4. The third-order valence-electron chi connectivity index (χ3n) is 5.59. The van der Waals surface area contributed by atoms with Crippen molar-refractivity contribution in [1.29, 1.82) is 0 Å². The maximum Gasteiger partial charge on any atom is 0.334 e. The molecule has 0 radical (unpaired) electrons. The SMILES string of the molecule is COP(=O)(Cc1ccc(NC(=O)CCc2oc(-c3ccccc3)nc2-c2ccc(Cl)cc2)cc1)OC. The molecule has 0 aliphatic rings. The highest BCUT2D eigenvalue weighted by Crippen LogP contribution is 2.49. The van der Waals surface area contributed by atoms with Gasteiger partial charge in [-0.1, -0.05) is 54.1 Å². The average Bonchev–Trinajstić information content (AvgIpc) is 3.34. The number of aromatic nitrogens is 1. The molecule has 1 aromatic heterocycles. The third kappa shape index (κ3) is 6.50. The Bertz CT molecular complexity index is 1350. The van der Waals surface area contributed by atoms with Crippen molar-refractivity contribution in [2.24, 2.45) is 0 Å². The van der Waals surface area contributed by atoms with Crippen LogP contribution in [0.3, 0.4) is 0 Å². The van der Waals surface area contributed by atoms with E-state index in [0.717, 1.165) is 16.7 Å². The van der Waals surface area contributed by atoms with Crippen molar-refractivity contribution in [1.82, 2.24) is 4.98 Å². The maximum atomic E-state index is 12.7. The van der Waals surface area contributed by atoms with E-state index in [9.17, 15) is 9.36 Å². The molecule has 1 amide bonds. The van der Waals surface area contributed by atoms with Gasteiger partial charge in [0.1, 0.15) is 11.5 Å². The molecule has 0 unspecified atom stereocenters. The molecule has 3 aromatic carbocycles. The second kappa shape index (κ2) is 11.7. The fourth-order valence-corrected chi connectivity index (χ4v) is 4.82. The quantitative estimate of drug-likeness (QED) is 0.220. The minimum Gasteiger partial charge on any atom is -0.440 e. The van der Waals surface area contributed by atoms with Crippen molar-refractivity contribution in [2.75, 3.05) is 19.5 Å². The molecular weight excluding hydrogens is 499 g/mol. The summed E-state index contributed by atoms with van der Waals surface area (Å²) in [7, 11) is -0.443. The fraction of sp³-hybridized carbons (Fsp3) is 0.185. The van der Waals surface area contributed by atoms with Crippen LogP contribution >= 0.6 is 19.2 Å². The zero-order valence-electron chi connectivity index (χ0n) is 19.9. The number of hydrogen-bond donors (Lipinski definition) is 1. The summed E-state index contributed by atoms with van der Waals surface area (Å²) >= 11 is 6.05. The zero-order chi connectivity index (χ0) is 25.5. The number of nitrogens with zero attached hydrogens (tertiary/aromatic N) is 1. The number of carbonyl (C=O) groups is 1. The number of rotatable bonds is 10. The largest absolute Gasteiger partial charge is 0.440 e. The van der Waals surface area contributed by atoms with E-state index in [4.69, 9.17) is 30.0 Å². The summed E-state index contributed by atoms with van der Waals surface area (Å²) in [5.41, 5.74) is 3.82. The van der Waals surface area contributed by atoms with Gasteiger partial charge in [-0.3, -0.25) is 9.36 Å². The van der Waals surface area contributed by atoms with E-state index in [1.807, 2.05) is 42.5 Å². The van der Waals surface area contributed by atoms with E-state index in [-0.39, 0.29) is 18.5 Å². The van der Waals surface area contributed by atoms with E-state index >= 15 is 0 Å². The highest BCUT2D eigenvalue weighted by atomic mass is 35.5. The first-order valence-electron chi connectivity index (χ1n) is 11.3. The summed E-state index contributed by atoms with van der Waals surface area (Å²) in [5, 5.41) is 3.51. The van der Waals surface area contributed by atoms with Crippen LogP contribution in [0.1, 0.15) is 17.7 Å². The van der Waals surface area contributed by atoms with Crippen molar-refractivity contribution in [3.63, 3.8) is 0 Å². The molecule has 7 nitrogen and oxygen atoms in total. The Labute approximate surface area is 215 Å². The predicted molar refractivity (Wildman–Crippen MR) is 141 cm³/mol. The van der Waals surface area contributed by atoms with Crippen molar-refractivity contribution in [3.8, 4) is 22.7 Å². The van der Waals surface area contributed by atoms with E-state index in [0.29, 0.717) is 34.5 Å². The Balaban J connectivity index is 1.45. The average molecular weight is 525 g/mol. The van der Waals surface area contributed by atoms with Crippen LogP contribution in [0.25, 0.3) is 22.7 Å². The zero-order valence-corrected chi connectivity index (χ0v) is 21.6. The van der Waals surface area contributed by atoms with Crippen molar-refractivity contribution in [2.45, 2.75) is 19.0 Å². The first-order valence-corrected chi connectivity index (χ1v) is 13.4. The Morgan fingerprint density at radius 2 is 1.61 bits per heavy atom. The maximum absolute atomic E-state index is 12.7. The molecule has 0 saturated carbocycles. The van der Waals surface area contributed by atoms with Gasteiger partial charge in [-0.05, 0) is 42.0 Å². The molecule has 4 rings (SSSR count). The molecular formula is C27H26ClN2O5P. The van der Waals surface area contributed by atoms with Gasteiger partial charge in [0.05, 0.1) is 6.16 Å². The van der Waals surface area contributed by atoms with Gasteiger partial charge in [-0.25, -0.2) is 4.98 Å². The predicted octanol–water partition coefficient (Wildman–Crippen LogP) is 7.22. The van der Waals surface area contributed by atoms with Crippen LogP contribution in [0.4, 0.5) is 5.69 Å². The van der Waals surface area contributed by atoms with E-state index in [2.05, 4.69) is 5.32 Å². The summed E-state index contributed by atoms with van der Waals surface area (Å²) in [5.74, 6) is 0.953. The molecule has 36 heavy (non-hydrogen) atoms. The molecule has 1 N–H and O–H groups in total. The van der Waals surface area contributed by atoms with Gasteiger partial charge in [0.25, 0.3) is 0 Å². The molecule has 0 bridgehead atoms. The van der Waals surface area contributed by atoms with Gasteiger partial charge in [-0.2, -0.15) is 0 Å². The van der Waals surface area contributed by atoms with Gasteiger partial charge >= 0.3 is 7.60 Å². The number of oxazole rings is 1. The second-order valence-electron chi connectivity index (χ2n) is 8.04. The van der Waals surface area contributed by atoms with Crippen LogP contribution in [0.5, 0.6) is 0 Å². The van der Waals surface area contributed by atoms with Gasteiger partial charge in [0.2, 0.25) is 11.8 Å². The van der Waals surface area contributed by atoms with Crippen LogP contribution in [-0.2, 0) is 31.0 Å². The first kappa shape index (κ1) is 25.9. The molecule has 0 atom stereocenters. The number of halogens is 1. The lowest BCUT2D eigenvalue weighted by atomic mass is 10.1. The van der Waals surface area contributed by atoms with Gasteiger partial charge in [-0.15, -0.1) is 0 Å². The van der Waals surface area contributed by atoms with Crippen LogP contribution in [0, 0.1) is 0 Å². The number of aryl methyl sites for hydroxylation is 1. The van der Waals surface area contributed by atoms with Crippen LogP contribution in [0.15, 0.2) is 83.3 Å². The van der Waals surface area contributed by atoms with E-state index in [1.165, 1.54) is 14.2 Å². The minimum absolute atomic E-state index is 0.150. The van der Waals surface area contributed by atoms with Crippen molar-refractivity contribution >= 4 is 30.8 Å². The number of amides is 1. The minimum atomic E-state index is -3.15. The van der Waals surface area contributed by atoms with Gasteiger partial charge in [0.15, 0.2) is 0 Å². The van der Waals surface area contributed by atoms with Crippen molar-refractivity contribution < 1.29 is 22.8 Å². The standard InChI is InChI=1S/C27H26ClN2O5P/c1-33-36(32,34-2)18-19-8-14-23(15-9-19)29-25(31)17-16-24-26(20-10-12-22(28)13-11-20)30-27(35-24)21-6-4-3-5-7-21/h3-15H,16-18H2,1-2H3,(H,29,31). The Morgan fingerprint density at radius 3 is 2.25 bits per heavy atom. The molecule has 0 saturated heterocycles. The highest BCUT2D eigenvalue weighted by molar-refractivity contribution is 7.52. The number of anilines is 1.